The van der Waals surface area contributed by atoms with Gasteiger partial charge in [-0.05, 0) is 97.5 Å². The molecule has 182 valence electrons. The van der Waals surface area contributed by atoms with Crippen LogP contribution in [-0.4, -0.2) is 20.4 Å². The number of halogens is 1. The molecule has 0 unspecified atom stereocenters. The highest BCUT2D eigenvalue weighted by atomic mass is 127. The van der Waals surface area contributed by atoms with Gasteiger partial charge >= 0.3 is 0 Å². The molecule has 0 aliphatic carbocycles. The van der Waals surface area contributed by atoms with Crippen molar-refractivity contribution >= 4 is 50.7 Å². The van der Waals surface area contributed by atoms with Gasteiger partial charge in [0.25, 0.3) is 5.56 Å². The Hall–Kier alpha value is -3.98. The van der Waals surface area contributed by atoms with Crippen LogP contribution >= 0.6 is 22.6 Å². The summed E-state index contributed by atoms with van der Waals surface area (Å²) >= 11 is 2.35. The molecule has 37 heavy (non-hydrogen) atoms. The molecule has 3 heterocycles. The zero-order chi connectivity index (χ0) is 25.7. The van der Waals surface area contributed by atoms with Crippen molar-refractivity contribution in [3.63, 3.8) is 0 Å². The number of aryl methyl sites for hydroxylation is 2. The number of aromatic nitrogens is 3. The Kier molecular flexibility index (Phi) is 5.79. The molecule has 7 heteroatoms. The quantitative estimate of drug-likeness (QED) is 0.162. The fraction of sp³-hybridized carbons (Fsp3) is 0.100. The molecule has 0 saturated carbocycles. The zero-order valence-electron chi connectivity index (χ0n) is 20.6. The van der Waals surface area contributed by atoms with Crippen molar-refractivity contribution in [1.29, 1.82) is 0 Å². The Morgan fingerprint density at radius 3 is 2.54 bits per heavy atom. The first-order chi connectivity index (χ1) is 17.9. The van der Waals surface area contributed by atoms with Gasteiger partial charge < -0.3 is 8.98 Å². The number of fused-ring (bicyclic) bond motifs is 2. The van der Waals surface area contributed by atoms with E-state index in [9.17, 15) is 4.79 Å². The average Bonchev–Trinajstić information content (AvgIpc) is 3.45. The van der Waals surface area contributed by atoms with Crippen molar-refractivity contribution in [3.8, 4) is 17.3 Å². The molecular formula is C30H23IN4O2. The van der Waals surface area contributed by atoms with Crippen molar-refractivity contribution in [2.24, 2.45) is 5.10 Å². The molecule has 0 amide bonds. The van der Waals surface area contributed by atoms with E-state index in [4.69, 9.17) is 9.40 Å². The van der Waals surface area contributed by atoms with Crippen LogP contribution in [0.1, 0.15) is 22.5 Å². The first-order valence-corrected chi connectivity index (χ1v) is 13.0. The highest BCUT2D eigenvalue weighted by molar-refractivity contribution is 14.1. The lowest BCUT2D eigenvalue weighted by atomic mass is 10.2. The molecule has 0 N–H and O–H groups in total. The molecule has 0 atom stereocenters. The van der Waals surface area contributed by atoms with E-state index in [1.165, 1.54) is 13.8 Å². The van der Waals surface area contributed by atoms with Gasteiger partial charge in [-0.25, -0.2) is 4.98 Å². The predicted molar refractivity (Wildman–Crippen MR) is 157 cm³/mol. The summed E-state index contributed by atoms with van der Waals surface area (Å²) in [5, 5.41) is 6.09. The average molecular weight is 598 g/mol. The smallest absolute Gasteiger partial charge is 0.282 e. The van der Waals surface area contributed by atoms with Gasteiger partial charge in [0.15, 0.2) is 5.76 Å². The van der Waals surface area contributed by atoms with Gasteiger partial charge in [0.1, 0.15) is 5.58 Å². The Morgan fingerprint density at radius 2 is 1.73 bits per heavy atom. The van der Waals surface area contributed by atoms with Crippen LogP contribution < -0.4 is 5.56 Å². The SMILES string of the molecule is Cc1cc(-n2c(C)cc(C=Nn3c(-c4cc5ccccc5o4)nc4ccccc4c3=O)c2C)ccc1I. The van der Waals surface area contributed by atoms with Crippen molar-refractivity contribution in [1.82, 2.24) is 14.2 Å². The summed E-state index contributed by atoms with van der Waals surface area (Å²) < 4.78 is 10.8. The van der Waals surface area contributed by atoms with Crippen LogP contribution in [0.15, 0.2) is 93.2 Å². The minimum atomic E-state index is -0.251. The van der Waals surface area contributed by atoms with Crippen LogP contribution in [0.2, 0.25) is 0 Å². The highest BCUT2D eigenvalue weighted by Crippen LogP contribution is 2.27. The molecule has 0 fully saturated rings. The van der Waals surface area contributed by atoms with E-state index in [-0.39, 0.29) is 5.56 Å². The fourth-order valence-electron chi connectivity index (χ4n) is 4.69. The maximum atomic E-state index is 13.6. The molecule has 3 aromatic carbocycles. The highest BCUT2D eigenvalue weighted by Gasteiger charge is 2.17. The first kappa shape index (κ1) is 23.4. The summed E-state index contributed by atoms with van der Waals surface area (Å²) in [5.74, 6) is 0.847. The molecule has 6 nitrogen and oxygen atoms in total. The molecule has 6 aromatic rings. The van der Waals surface area contributed by atoms with Gasteiger partial charge in [-0.3, -0.25) is 4.79 Å². The van der Waals surface area contributed by atoms with Gasteiger partial charge in [-0.1, -0.05) is 30.3 Å². The molecule has 6 rings (SSSR count). The van der Waals surface area contributed by atoms with Gasteiger partial charge in [-0.2, -0.15) is 9.78 Å². The molecule has 0 saturated heterocycles. The number of hydrogen-bond acceptors (Lipinski definition) is 4. The Labute approximate surface area is 227 Å². The topological polar surface area (TPSA) is 65.3 Å². The largest absolute Gasteiger partial charge is 0.453 e. The number of furan rings is 1. The second-order valence-electron chi connectivity index (χ2n) is 9.06. The third-order valence-corrected chi connectivity index (χ3v) is 7.79. The molecule has 3 aromatic heterocycles. The molecular weight excluding hydrogens is 575 g/mol. The summed E-state index contributed by atoms with van der Waals surface area (Å²) in [6.45, 7) is 6.24. The number of nitrogens with zero attached hydrogens (tertiary/aromatic N) is 4. The van der Waals surface area contributed by atoms with Crippen molar-refractivity contribution in [3.05, 3.63) is 115 Å². The van der Waals surface area contributed by atoms with E-state index in [1.807, 2.05) is 48.5 Å². The first-order valence-electron chi connectivity index (χ1n) is 11.9. The minimum absolute atomic E-state index is 0.251. The number of para-hydroxylation sites is 2. The van der Waals surface area contributed by atoms with E-state index in [2.05, 4.69) is 77.3 Å². The molecule has 0 radical (unpaired) electrons. The summed E-state index contributed by atoms with van der Waals surface area (Å²) in [7, 11) is 0. The Bertz CT molecular complexity index is 1880. The van der Waals surface area contributed by atoms with Crippen LogP contribution in [0.25, 0.3) is 39.1 Å². The number of hydrogen-bond donors (Lipinski definition) is 0. The van der Waals surface area contributed by atoms with E-state index in [0.717, 1.165) is 33.6 Å². The zero-order valence-corrected chi connectivity index (χ0v) is 22.7. The fourth-order valence-corrected chi connectivity index (χ4v) is 5.02. The number of rotatable bonds is 4. The van der Waals surface area contributed by atoms with Crippen molar-refractivity contribution in [2.45, 2.75) is 20.8 Å². The molecule has 0 bridgehead atoms. The van der Waals surface area contributed by atoms with Crippen molar-refractivity contribution in [2.75, 3.05) is 0 Å². The van der Waals surface area contributed by atoms with Crippen LogP contribution in [0, 0.1) is 24.3 Å². The molecule has 0 aliphatic heterocycles. The second kappa shape index (κ2) is 9.15. The Balaban J connectivity index is 1.51. The third kappa shape index (κ3) is 4.09. The van der Waals surface area contributed by atoms with Crippen LogP contribution in [0.4, 0.5) is 0 Å². The summed E-state index contributed by atoms with van der Waals surface area (Å²) in [6, 6.07) is 25.4. The van der Waals surface area contributed by atoms with E-state index >= 15 is 0 Å². The lowest BCUT2D eigenvalue weighted by molar-refractivity contribution is 0.616. The predicted octanol–water partition coefficient (Wildman–Crippen LogP) is 7.01. The summed E-state index contributed by atoms with van der Waals surface area (Å²) in [6.07, 6.45) is 1.72. The van der Waals surface area contributed by atoms with Crippen molar-refractivity contribution < 1.29 is 4.42 Å². The van der Waals surface area contributed by atoms with Gasteiger partial charge in [0, 0.05) is 31.6 Å². The maximum absolute atomic E-state index is 13.6. The van der Waals surface area contributed by atoms with Gasteiger partial charge in [0.2, 0.25) is 5.82 Å². The van der Waals surface area contributed by atoms with Crippen LogP contribution in [0.3, 0.4) is 0 Å². The van der Waals surface area contributed by atoms with E-state index in [0.29, 0.717) is 22.5 Å². The minimum Gasteiger partial charge on any atom is -0.453 e. The lowest BCUT2D eigenvalue weighted by Gasteiger charge is -2.11. The van der Waals surface area contributed by atoms with E-state index < -0.39 is 0 Å². The lowest BCUT2D eigenvalue weighted by Crippen LogP contribution is -2.20. The maximum Gasteiger partial charge on any atom is 0.282 e. The normalized spacial score (nSPS) is 11.8. The van der Waals surface area contributed by atoms with E-state index in [1.54, 1.807) is 12.3 Å². The molecule has 0 aliphatic rings. The third-order valence-electron chi connectivity index (χ3n) is 6.58. The standard InChI is InChI=1S/C30H23IN4O2/c1-18-14-23(12-13-25(18)31)34-19(2)15-22(20(34)3)17-32-35-29(28-16-21-8-4-7-11-27(21)37-28)33-26-10-6-5-9-24(26)30(35)36/h4-17H,1-3H3. The van der Waals surface area contributed by atoms with Gasteiger partial charge in [0.05, 0.1) is 17.1 Å². The second-order valence-corrected chi connectivity index (χ2v) is 10.2. The monoisotopic (exact) mass is 598 g/mol. The Morgan fingerprint density at radius 1 is 0.946 bits per heavy atom. The van der Waals surface area contributed by atoms with Gasteiger partial charge in [-0.15, -0.1) is 0 Å². The molecule has 0 spiro atoms. The summed E-state index contributed by atoms with van der Waals surface area (Å²) in [5.41, 5.74) is 6.44. The van der Waals surface area contributed by atoms with Crippen LogP contribution in [0.5, 0.6) is 0 Å². The summed E-state index contributed by atoms with van der Waals surface area (Å²) in [4.78, 5) is 18.3. The van der Waals surface area contributed by atoms with Crippen LogP contribution in [-0.2, 0) is 0 Å². The number of benzene rings is 3.